The van der Waals surface area contributed by atoms with Gasteiger partial charge in [-0.15, -0.1) is 0 Å². The Kier molecular flexibility index (Phi) is 2.70. The van der Waals surface area contributed by atoms with Gasteiger partial charge in [0.25, 0.3) is 0 Å². The van der Waals surface area contributed by atoms with Crippen LogP contribution >= 0.6 is 11.6 Å². The van der Waals surface area contributed by atoms with Crippen LogP contribution in [-0.2, 0) is 0 Å². The molecular formula is C18H13ClN4. The second kappa shape index (κ2) is 4.77. The lowest BCUT2D eigenvalue weighted by Crippen LogP contribution is -1.96. The molecule has 0 radical (unpaired) electrons. The van der Waals surface area contributed by atoms with E-state index in [1.165, 1.54) is 21.9 Å². The molecule has 3 heterocycles. The summed E-state index contributed by atoms with van der Waals surface area (Å²) in [6, 6.07) is 10.6. The quantitative estimate of drug-likeness (QED) is 0.556. The van der Waals surface area contributed by atoms with Crippen LogP contribution in [0.15, 0.2) is 55.1 Å². The lowest BCUT2D eigenvalue weighted by atomic mass is 10.0. The molecule has 0 spiro atoms. The molecular weight excluding hydrogens is 308 g/mol. The number of fused-ring (bicyclic) bond motifs is 2. The van der Waals surface area contributed by atoms with Crippen LogP contribution in [0.2, 0.25) is 5.15 Å². The predicted octanol–water partition coefficient (Wildman–Crippen LogP) is 4.20. The highest BCUT2D eigenvalue weighted by atomic mass is 35.5. The van der Waals surface area contributed by atoms with E-state index < -0.39 is 0 Å². The molecule has 0 aliphatic heterocycles. The highest BCUT2D eigenvalue weighted by Gasteiger charge is 2.41. The Bertz CT molecular complexity index is 1040. The Morgan fingerprint density at radius 1 is 1.04 bits per heavy atom. The van der Waals surface area contributed by atoms with Gasteiger partial charge in [0, 0.05) is 35.7 Å². The van der Waals surface area contributed by atoms with Gasteiger partial charge in [0.05, 0.1) is 0 Å². The first-order chi connectivity index (χ1) is 11.3. The minimum absolute atomic E-state index is 0.458. The number of imidazole rings is 1. The van der Waals surface area contributed by atoms with Gasteiger partial charge in [-0.3, -0.25) is 4.98 Å². The first kappa shape index (κ1) is 13.0. The number of pyridine rings is 1. The molecule has 1 saturated carbocycles. The van der Waals surface area contributed by atoms with E-state index in [-0.39, 0.29) is 0 Å². The van der Waals surface area contributed by atoms with Crippen LogP contribution in [0.3, 0.4) is 0 Å². The third-order valence-electron chi connectivity index (χ3n) is 4.64. The highest BCUT2D eigenvalue weighted by Crippen LogP contribution is 2.55. The Labute approximate surface area is 137 Å². The van der Waals surface area contributed by atoms with Gasteiger partial charge < -0.3 is 0 Å². The summed E-state index contributed by atoms with van der Waals surface area (Å²) in [4.78, 5) is 8.60. The molecule has 0 N–H and O–H groups in total. The van der Waals surface area contributed by atoms with Crippen molar-refractivity contribution in [3.05, 3.63) is 71.4 Å². The summed E-state index contributed by atoms with van der Waals surface area (Å²) >= 11 is 6.16. The minimum atomic E-state index is 0.458. The van der Waals surface area contributed by atoms with E-state index in [9.17, 15) is 0 Å². The topological polar surface area (TPSA) is 43.1 Å². The van der Waals surface area contributed by atoms with Crippen LogP contribution in [0.25, 0.3) is 16.4 Å². The average molecular weight is 321 g/mol. The van der Waals surface area contributed by atoms with E-state index >= 15 is 0 Å². The zero-order valence-electron chi connectivity index (χ0n) is 12.2. The molecule has 1 aliphatic carbocycles. The summed E-state index contributed by atoms with van der Waals surface area (Å²) in [7, 11) is 0. The predicted molar refractivity (Wildman–Crippen MR) is 89.8 cm³/mol. The molecule has 2 atom stereocenters. The number of aromatic nitrogens is 4. The maximum atomic E-state index is 6.16. The summed E-state index contributed by atoms with van der Waals surface area (Å²) in [5.74, 6) is 0.978. The van der Waals surface area contributed by atoms with Crippen LogP contribution in [0.4, 0.5) is 0 Å². The number of benzene rings is 1. The molecule has 0 amide bonds. The standard InChI is InChI=1S/C18H13ClN4/c19-17-9-16(18-21-5-6-23(18)22-17)15-8-14(15)12-1-2-13-10-20-4-3-11(13)7-12/h1-7,9-10,14-15H,8H2. The number of hydrogen-bond acceptors (Lipinski definition) is 3. The molecule has 112 valence electrons. The van der Waals surface area contributed by atoms with E-state index in [0.717, 1.165) is 12.1 Å². The van der Waals surface area contributed by atoms with Gasteiger partial charge in [0.15, 0.2) is 5.65 Å². The highest BCUT2D eigenvalue weighted by molar-refractivity contribution is 6.29. The smallest absolute Gasteiger partial charge is 0.157 e. The van der Waals surface area contributed by atoms with Crippen LogP contribution in [0, 0.1) is 0 Å². The lowest BCUT2D eigenvalue weighted by molar-refractivity contribution is 0.906. The van der Waals surface area contributed by atoms with Gasteiger partial charge in [-0.25, -0.2) is 9.50 Å². The van der Waals surface area contributed by atoms with Crippen molar-refractivity contribution in [2.75, 3.05) is 0 Å². The van der Waals surface area contributed by atoms with Crippen molar-refractivity contribution >= 4 is 28.0 Å². The van der Waals surface area contributed by atoms with E-state index in [1.54, 1.807) is 10.7 Å². The molecule has 23 heavy (non-hydrogen) atoms. The van der Waals surface area contributed by atoms with Crippen molar-refractivity contribution in [1.82, 2.24) is 19.6 Å². The van der Waals surface area contributed by atoms with Crippen LogP contribution in [0.1, 0.15) is 29.4 Å². The molecule has 1 fully saturated rings. The van der Waals surface area contributed by atoms with Crippen molar-refractivity contribution in [2.24, 2.45) is 0 Å². The Hall–Kier alpha value is -2.46. The zero-order chi connectivity index (χ0) is 15.4. The molecule has 5 heteroatoms. The third kappa shape index (κ3) is 2.10. The Balaban J connectivity index is 1.55. The van der Waals surface area contributed by atoms with Crippen molar-refractivity contribution < 1.29 is 0 Å². The Morgan fingerprint density at radius 3 is 2.96 bits per heavy atom. The van der Waals surface area contributed by atoms with Gasteiger partial charge >= 0.3 is 0 Å². The largest absolute Gasteiger partial charge is 0.264 e. The molecule has 5 rings (SSSR count). The maximum absolute atomic E-state index is 6.16. The number of nitrogens with zero attached hydrogens (tertiary/aromatic N) is 4. The third-order valence-corrected chi connectivity index (χ3v) is 4.83. The lowest BCUT2D eigenvalue weighted by Gasteiger charge is -2.05. The molecule has 1 aliphatic rings. The second-order valence-corrected chi connectivity index (χ2v) is 6.44. The fraction of sp³-hybridized carbons (Fsp3) is 0.167. The summed E-state index contributed by atoms with van der Waals surface area (Å²) < 4.78 is 1.76. The van der Waals surface area contributed by atoms with Crippen LogP contribution in [-0.4, -0.2) is 19.6 Å². The summed E-state index contributed by atoms with van der Waals surface area (Å²) in [6.45, 7) is 0. The Morgan fingerprint density at radius 2 is 2.00 bits per heavy atom. The first-order valence-corrected chi connectivity index (χ1v) is 8.01. The van der Waals surface area contributed by atoms with Crippen molar-refractivity contribution in [3.63, 3.8) is 0 Å². The van der Waals surface area contributed by atoms with E-state index in [0.29, 0.717) is 17.0 Å². The fourth-order valence-electron chi connectivity index (χ4n) is 3.42. The van der Waals surface area contributed by atoms with Crippen molar-refractivity contribution in [3.8, 4) is 0 Å². The zero-order valence-corrected chi connectivity index (χ0v) is 13.0. The van der Waals surface area contributed by atoms with E-state index in [1.807, 2.05) is 24.7 Å². The van der Waals surface area contributed by atoms with Crippen LogP contribution < -0.4 is 0 Å². The summed E-state index contributed by atoms with van der Waals surface area (Å²) in [5.41, 5.74) is 3.47. The van der Waals surface area contributed by atoms with E-state index in [4.69, 9.17) is 11.6 Å². The summed E-state index contributed by atoms with van der Waals surface area (Å²) in [5, 5.41) is 7.19. The molecule has 1 aromatic carbocycles. The number of hydrogen-bond donors (Lipinski definition) is 0. The molecule has 4 nitrogen and oxygen atoms in total. The fourth-order valence-corrected chi connectivity index (χ4v) is 3.62. The molecule has 2 unspecified atom stereocenters. The van der Waals surface area contributed by atoms with Gasteiger partial charge in [0.1, 0.15) is 5.15 Å². The van der Waals surface area contributed by atoms with E-state index in [2.05, 4.69) is 39.3 Å². The molecule has 4 aromatic rings. The minimum Gasteiger partial charge on any atom is -0.264 e. The number of rotatable bonds is 2. The van der Waals surface area contributed by atoms with Crippen molar-refractivity contribution in [2.45, 2.75) is 18.3 Å². The number of halogens is 1. The molecule has 3 aromatic heterocycles. The van der Waals surface area contributed by atoms with Gasteiger partial charge in [0.2, 0.25) is 0 Å². The molecule has 0 saturated heterocycles. The normalized spacial score (nSPS) is 20.2. The monoisotopic (exact) mass is 320 g/mol. The summed E-state index contributed by atoms with van der Waals surface area (Å²) in [6.07, 6.45) is 8.47. The van der Waals surface area contributed by atoms with Crippen molar-refractivity contribution in [1.29, 1.82) is 0 Å². The SMILES string of the molecule is Clc1cc(C2CC2c2ccc3cnccc3c2)c2nccn2n1. The second-order valence-electron chi connectivity index (χ2n) is 6.05. The van der Waals surface area contributed by atoms with Gasteiger partial charge in [-0.1, -0.05) is 29.8 Å². The molecule has 0 bridgehead atoms. The maximum Gasteiger partial charge on any atom is 0.157 e. The van der Waals surface area contributed by atoms with Gasteiger partial charge in [-0.05, 0) is 41.3 Å². The first-order valence-electron chi connectivity index (χ1n) is 7.63. The van der Waals surface area contributed by atoms with Gasteiger partial charge in [-0.2, -0.15) is 5.10 Å². The average Bonchev–Trinajstić information content (AvgIpc) is 3.23. The van der Waals surface area contributed by atoms with Crippen LogP contribution in [0.5, 0.6) is 0 Å².